The molecule has 0 spiro atoms. The van der Waals surface area contributed by atoms with Gasteiger partial charge < -0.3 is 9.97 Å². The largest absolute Gasteiger partial charge is 0.331 e. The van der Waals surface area contributed by atoms with E-state index < -0.39 is 0 Å². The van der Waals surface area contributed by atoms with Gasteiger partial charge in [0.1, 0.15) is 5.52 Å². The number of anilines is 2. The molecule has 0 atom stereocenters. The summed E-state index contributed by atoms with van der Waals surface area (Å²) in [6.07, 6.45) is 3.14. The number of H-pyrrole nitrogens is 2. The zero-order valence-electron chi connectivity index (χ0n) is 15.3. The number of nitriles is 1. The number of rotatable bonds is 4. The fourth-order valence-corrected chi connectivity index (χ4v) is 2.85. The second-order valence-electron chi connectivity index (χ2n) is 6.21. The zero-order chi connectivity index (χ0) is 20.4. The molecule has 0 aliphatic rings. The molecular weight excluding hydrogens is 370 g/mol. The van der Waals surface area contributed by atoms with Gasteiger partial charge in [0, 0.05) is 25.0 Å². The Morgan fingerprint density at radius 2 is 1.97 bits per heavy atom. The van der Waals surface area contributed by atoms with Crippen molar-refractivity contribution in [1.82, 2.24) is 19.9 Å². The minimum Gasteiger partial charge on any atom is -0.331 e. The number of aromatic nitrogens is 4. The quantitative estimate of drug-likeness (QED) is 0.497. The Morgan fingerprint density at radius 1 is 1.17 bits per heavy atom. The molecule has 142 valence electrons. The molecule has 9 nitrogen and oxygen atoms in total. The van der Waals surface area contributed by atoms with Crippen molar-refractivity contribution in [1.29, 1.82) is 5.26 Å². The second-order valence-corrected chi connectivity index (χ2v) is 6.21. The highest BCUT2D eigenvalue weighted by molar-refractivity contribution is 6.12. The average molecular weight is 385 g/mol. The summed E-state index contributed by atoms with van der Waals surface area (Å²) in [6, 6.07) is 13.5. The molecule has 2 heterocycles. The Bertz CT molecular complexity index is 1230. The molecule has 2 amide bonds. The maximum Gasteiger partial charge on any atom is 0.260 e. The van der Waals surface area contributed by atoms with Gasteiger partial charge in [-0.25, -0.2) is 9.97 Å². The lowest BCUT2D eigenvalue weighted by Gasteiger charge is -2.13. The Kier molecular flexibility index (Phi) is 4.50. The van der Waals surface area contributed by atoms with Crippen molar-refractivity contribution in [2.75, 3.05) is 17.3 Å². The van der Waals surface area contributed by atoms with Gasteiger partial charge in [-0.3, -0.25) is 19.8 Å². The Labute approximate surface area is 165 Å². The van der Waals surface area contributed by atoms with Crippen LogP contribution in [0, 0.1) is 11.3 Å². The maximum absolute atomic E-state index is 12.7. The molecule has 0 saturated heterocycles. The molecule has 0 aliphatic heterocycles. The van der Waals surface area contributed by atoms with Crippen molar-refractivity contribution in [3.63, 3.8) is 0 Å². The summed E-state index contributed by atoms with van der Waals surface area (Å²) in [5.74, 6) is -0.0386. The summed E-state index contributed by atoms with van der Waals surface area (Å²) in [7, 11) is 1.58. The SMILES string of the molecule is CN(C(=O)c1ccc(C#N)cc1)c1nc2c(C(=O)Nc3ncc[nH]3)cccc2[nH]1. The van der Waals surface area contributed by atoms with Gasteiger partial charge in [0.15, 0.2) is 0 Å². The number of amides is 2. The number of hydrogen-bond acceptors (Lipinski definition) is 5. The van der Waals surface area contributed by atoms with E-state index in [1.807, 2.05) is 6.07 Å². The van der Waals surface area contributed by atoms with Crippen LogP contribution in [0.4, 0.5) is 11.9 Å². The summed E-state index contributed by atoms with van der Waals surface area (Å²) >= 11 is 0. The molecule has 3 N–H and O–H groups in total. The third kappa shape index (κ3) is 3.42. The first-order chi connectivity index (χ1) is 14.1. The normalized spacial score (nSPS) is 10.5. The minimum absolute atomic E-state index is 0.296. The first-order valence-electron chi connectivity index (χ1n) is 8.64. The summed E-state index contributed by atoms with van der Waals surface area (Å²) in [5, 5.41) is 11.5. The van der Waals surface area contributed by atoms with Crippen LogP contribution in [0.1, 0.15) is 26.3 Å². The van der Waals surface area contributed by atoms with E-state index in [4.69, 9.17) is 5.26 Å². The summed E-state index contributed by atoms with van der Waals surface area (Å²) in [5.41, 5.74) is 2.29. The van der Waals surface area contributed by atoms with Crippen LogP contribution in [0.3, 0.4) is 0 Å². The Morgan fingerprint density at radius 3 is 2.66 bits per heavy atom. The van der Waals surface area contributed by atoms with Crippen molar-refractivity contribution >= 4 is 34.7 Å². The van der Waals surface area contributed by atoms with Crippen LogP contribution in [0.2, 0.25) is 0 Å². The first kappa shape index (κ1) is 17.9. The number of hydrogen-bond donors (Lipinski definition) is 3. The molecule has 9 heteroatoms. The predicted molar refractivity (Wildman–Crippen MR) is 107 cm³/mol. The van der Waals surface area contributed by atoms with Crippen LogP contribution in [0.5, 0.6) is 0 Å². The van der Waals surface area contributed by atoms with Crippen LogP contribution >= 0.6 is 0 Å². The van der Waals surface area contributed by atoms with Gasteiger partial charge in [0.25, 0.3) is 11.8 Å². The average Bonchev–Trinajstić information content (AvgIpc) is 3.42. The Hall–Kier alpha value is -4.45. The number of nitrogens with one attached hydrogen (secondary N) is 3. The van der Waals surface area contributed by atoms with Crippen LogP contribution in [-0.4, -0.2) is 38.8 Å². The van der Waals surface area contributed by atoms with Crippen molar-refractivity contribution < 1.29 is 9.59 Å². The molecule has 2 aromatic heterocycles. The molecule has 0 saturated carbocycles. The zero-order valence-corrected chi connectivity index (χ0v) is 15.3. The van der Waals surface area contributed by atoms with Gasteiger partial charge in [0.2, 0.25) is 11.9 Å². The van der Waals surface area contributed by atoms with Gasteiger partial charge >= 0.3 is 0 Å². The number of para-hydroxylation sites is 1. The molecule has 0 fully saturated rings. The number of nitrogens with zero attached hydrogens (tertiary/aromatic N) is 4. The lowest BCUT2D eigenvalue weighted by molar-refractivity contribution is 0.0990. The van der Waals surface area contributed by atoms with Crippen molar-refractivity contribution in [2.45, 2.75) is 0 Å². The van der Waals surface area contributed by atoms with E-state index in [0.29, 0.717) is 39.6 Å². The minimum atomic E-state index is -0.371. The molecule has 0 unspecified atom stereocenters. The number of aromatic amines is 2. The highest BCUT2D eigenvalue weighted by Crippen LogP contribution is 2.22. The lowest BCUT2D eigenvalue weighted by Crippen LogP contribution is -2.27. The molecule has 4 rings (SSSR count). The van der Waals surface area contributed by atoms with Crippen molar-refractivity contribution in [2.24, 2.45) is 0 Å². The third-order valence-electron chi connectivity index (χ3n) is 4.36. The van der Waals surface area contributed by atoms with Crippen LogP contribution < -0.4 is 10.2 Å². The molecule has 0 aliphatic carbocycles. The summed E-state index contributed by atoms with van der Waals surface area (Å²) in [6.45, 7) is 0. The number of imidazole rings is 2. The van der Waals surface area contributed by atoms with E-state index in [1.54, 1.807) is 55.7 Å². The van der Waals surface area contributed by atoms with Crippen molar-refractivity contribution in [3.8, 4) is 6.07 Å². The van der Waals surface area contributed by atoms with E-state index in [2.05, 4.69) is 25.3 Å². The summed E-state index contributed by atoms with van der Waals surface area (Å²) < 4.78 is 0. The number of carbonyl (C=O) groups excluding carboxylic acids is 2. The van der Waals surface area contributed by atoms with Crippen LogP contribution in [-0.2, 0) is 0 Å². The molecule has 29 heavy (non-hydrogen) atoms. The standard InChI is InChI=1S/C20H15N7O2/c1-27(18(29)13-7-5-12(11-21)6-8-13)20-24-15-4-2-3-14(16(15)25-20)17(28)26-19-22-9-10-23-19/h2-10H,1H3,(H,24,25)(H2,22,23,26,28). The molecule has 4 aromatic rings. The molecule has 2 aromatic carbocycles. The number of fused-ring (bicyclic) bond motifs is 1. The molecule has 0 radical (unpaired) electrons. The number of benzene rings is 2. The Balaban J connectivity index is 1.63. The second kappa shape index (κ2) is 7.28. The fraction of sp³-hybridized carbons (Fsp3) is 0.0500. The van der Waals surface area contributed by atoms with Gasteiger partial charge in [-0.1, -0.05) is 6.07 Å². The number of carbonyl (C=O) groups is 2. The van der Waals surface area contributed by atoms with Crippen LogP contribution in [0.25, 0.3) is 11.0 Å². The van der Waals surface area contributed by atoms with E-state index in [9.17, 15) is 9.59 Å². The maximum atomic E-state index is 12.7. The lowest BCUT2D eigenvalue weighted by atomic mass is 10.1. The van der Waals surface area contributed by atoms with Gasteiger partial charge in [0.05, 0.1) is 22.7 Å². The first-order valence-corrected chi connectivity index (χ1v) is 8.64. The topological polar surface area (TPSA) is 131 Å². The van der Waals surface area contributed by atoms with Gasteiger partial charge in [-0.2, -0.15) is 5.26 Å². The smallest absolute Gasteiger partial charge is 0.260 e. The summed E-state index contributed by atoms with van der Waals surface area (Å²) in [4.78, 5) is 41.0. The van der Waals surface area contributed by atoms with E-state index in [1.165, 1.54) is 11.1 Å². The van der Waals surface area contributed by atoms with Crippen LogP contribution in [0.15, 0.2) is 54.9 Å². The van der Waals surface area contributed by atoms with E-state index >= 15 is 0 Å². The van der Waals surface area contributed by atoms with Gasteiger partial charge in [-0.05, 0) is 36.4 Å². The van der Waals surface area contributed by atoms with Crippen molar-refractivity contribution in [3.05, 3.63) is 71.5 Å². The van der Waals surface area contributed by atoms with E-state index in [0.717, 1.165) is 0 Å². The fourth-order valence-electron chi connectivity index (χ4n) is 2.85. The predicted octanol–water partition coefficient (Wildman–Crippen LogP) is 2.69. The highest BCUT2D eigenvalue weighted by atomic mass is 16.2. The van der Waals surface area contributed by atoms with Gasteiger partial charge in [-0.15, -0.1) is 0 Å². The highest BCUT2D eigenvalue weighted by Gasteiger charge is 2.20. The van der Waals surface area contributed by atoms with E-state index in [-0.39, 0.29) is 11.8 Å². The monoisotopic (exact) mass is 385 g/mol. The third-order valence-corrected chi connectivity index (χ3v) is 4.36. The molecular formula is C20H15N7O2. The molecule has 0 bridgehead atoms.